The van der Waals surface area contributed by atoms with E-state index >= 15 is 0 Å². The molecule has 1 atom stereocenters. The van der Waals surface area contributed by atoms with Gasteiger partial charge in [-0.15, -0.1) is 0 Å². The number of nitrogens with zero attached hydrogens (tertiary/aromatic N) is 2. The van der Waals surface area contributed by atoms with Gasteiger partial charge in [0.1, 0.15) is 11.9 Å². The first-order chi connectivity index (χ1) is 9.24. The van der Waals surface area contributed by atoms with Crippen LogP contribution in [-0.4, -0.2) is 29.8 Å². The molecule has 1 saturated heterocycles. The van der Waals surface area contributed by atoms with Gasteiger partial charge in [0.2, 0.25) is 5.82 Å². The maximum atomic E-state index is 13.2. The molecule has 1 unspecified atom stereocenters. The summed E-state index contributed by atoms with van der Waals surface area (Å²) in [5.74, 6) is 0.656. The summed E-state index contributed by atoms with van der Waals surface area (Å²) in [6.45, 7) is 3.81. The molecule has 0 bridgehead atoms. The van der Waals surface area contributed by atoms with Gasteiger partial charge in [-0.2, -0.15) is 4.98 Å². The van der Waals surface area contributed by atoms with Crippen LogP contribution in [0.25, 0.3) is 11.4 Å². The minimum Gasteiger partial charge on any atom is -0.366 e. The van der Waals surface area contributed by atoms with E-state index < -0.39 is 0 Å². The van der Waals surface area contributed by atoms with E-state index in [9.17, 15) is 4.39 Å². The Morgan fingerprint density at radius 3 is 3.05 bits per heavy atom. The second kappa shape index (κ2) is 5.07. The van der Waals surface area contributed by atoms with Crippen LogP contribution in [0.2, 0.25) is 0 Å². The first kappa shape index (κ1) is 12.3. The first-order valence-corrected chi connectivity index (χ1v) is 6.16. The molecule has 3 rings (SSSR count). The van der Waals surface area contributed by atoms with E-state index in [4.69, 9.17) is 9.26 Å². The van der Waals surface area contributed by atoms with Crippen LogP contribution < -0.4 is 5.32 Å². The first-order valence-electron chi connectivity index (χ1n) is 6.16. The molecule has 1 aromatic carbocycles. The molecule has 1 aliphatic rings. The molecule has 1 aliphatic heterocycles. The molecule has 2 aromatic rings. The largest absolute Gasteiger partial charge is 0.366 e. The van der Waals surface area contributed by atoms with E-state index in [1.165, 1.54) is 6.07 Å². The summed E-state index contributed by atoms with van der Waals surface area (Å²) >= 11 is 0. The zero-order chi connectivity index (χ0) is 13.2. The number of benzene rings is 1. The monoisotopic (exact) mass is 263 g/mol. The Hall–Kier alpha value is -1.79. The fraction of sp³-hybridized carbons (Fsp3) is 0.385. The van der Waals surface area contributed by atoms with E-state index in [1.807, 2.05) is 0 Å². The second-order valence-electron chi connectivity index (χ2n) is 4.48. The van der Waals surface area contributed by atoms with Crippen molar-refractivity contribution >= 4 is 0 Å². The Balaban J connectivity index is 1.85. The lowest BCUT2D eigenvalue weighted by Gasteiger charge is -2.19. The Morgan fingerprint density at radius 2 is 2.32 bits per heavy atom. The van der Waals surface area contributed by atoms with Crippen molar-refractivity contribution in [3.63, 3.8) is 0 Å². The van der Waals surface area contributed by atoms with E-state index in [-0.39, 0.29) is 11.9 Å². The lowest BCUT2D eigenvalue weighted by Crippen LogP contribution is -2.33. The normalized spacial score (nSPS) is 19.6. The fourth-order valence-electron chi connectivity index (χ4n) is 1.99. The van der Waals surface area contributed by atoms with Crippen LogP contribution in [0.4, 0.5) is 4.39 Å². The van der Waals surface area contributed by atoms with Crippen molar-refractivity contribution in [1.29, 1.82) is 0 Å². The second-order valence-corrected chi connectivity index (χ2v) is 4.48. The van der Waals surface area contributed by atoms with E-state index in [2.05, 4.69) is 15.5 Å². The van der Waals surface area contributed by atoms with Crippen LogP contribution in [-0.2, 0) is 4.74 Å². The SMILES string of the molecule is Cc1cc(-c2noc(C3CNCCO3)n2)ccc1F. The van der Waals surface area contributed by atoms with Crippen molar-refractivity contribution < 1.29 is 13.7 Å². The van der Waals surface area contributed by atoms with Crippen LogP contribution in [0.3, 0.4) is 0 Å². The summed E-state index contributed by atoms with van der Waals surface area (Å²) < 4.78 is 24.0. The average molecular weight is 263 g/mol. The summed E-state index contributed by atoms with van der Waals surface area (Å²) in [7, 11) is 0. The van der Waals surface area contributed by atoms with Crippen molar-refractivity contribution in [2.75, 3.05) is 19.7 Å². The van der Waals surface area contributed by atoms with E-state index in [0.717, 1.165) is 12.1 Å². The number of hydrogen-bond acceptors (Lipinski definition) is 5. The zero-order valence-electron chi connectivity index (χ0n) is 10.5. The molecular formula is C13H14FN3O2. The van der Waals surface area contributed by atoms with Gasteiger partial charge in [0.15, 0.2) is 0 Å². The number of nitrogens with one attached hydrogen (secondary N) is 1. The van der Waals surface area contributed by atoms with Crippen LogP contribution in [0.5, 0.6) is 0 Å². The molecule has 1 N–H and O–H groups in total. The Kier molecular flexibility index (Phi) is 3.27. The quantitative estimate of drug-likeness (QED) is 0.896. The maximum absolute atomic E-state index is 13.2. The van der Waals surface area contributed by atoms with Crippen molar-refractivity contribution in [2.45, 2.75) is 13.0 Å². The summed E-state index contributed by atoms with van der Waals surface area (Å²) in [5.41, 5.74) is 1.29. The van der Waals surface area contributed by atoms with Crippen molar-refractivity contribution in [3.05, 3.63) is 35.5 Å². The van der Waals surface area contributed by atoms with E-state index in [0.29, 0.717) is 30.4 Å². The number of ether oxygens (including phenoxy) is 1. The minimum atomic E-state index is -0.243. The summed E-state index contributed by atoms with van der Waals surface area (Å²) in [6.07, 6.45) is -0.212. The standard InChI is InChI=1S/C13H14FN3O2/c1-8-6-9(2-3-10(8)14)12-16-13(19-17-12)11-7-15-4-5-18-11/h2-3,6,11,15H,4-5,7H2,1H3. The molecule has 0 radical (unpaired) electrons. The number of halogens is 1. The fourth-order valence-corrected chi connectivity index (χ4v) is 1.99. The molecule has 1 fully saturated rings. The smallest absolute Gasteiger partial charge is 0.257 e. The van der Waals surface area contributed by atoms with Gasteiger partial charge in [0, 0.05) is 18.7 Å². The van der Waals surface area contributed by atoms with Crippen molar-refractivity contribution in [2.24, 2.45) is 0 Å². The number of aromatic nitrogens is 2. The topological polar surface area (TPSA) is 60.2 Å². The lowest BCUT2D eigenvalue weighted by molar-refractivity contribution is 0.00755. The van der Waals surface area contributed by atoms with Crippen molar-refractivity contribution in [3.8, 4) is 11.4 Å². The van der Waals surface area contributed by atoms with Gasteiger partial charge in [0.25, 0.3) is 5.89 Å². The van der Waals surface area contributed by atoms with Crippen LogP contribution in [0.15, 0.2) is 22.7 Å². The van der Waals surface area contributed by atoms with Gasteiger partial charge in [-0.25, -0.2) is 4.39 Å². The van der Waals surface area contributed by atoms with Gasteiger partial charge < -0.3 is 14.6 Å². The van der Waals surface area contributed by atoms with Gasteiger partial charge in [-0.3, -0.25) is 0 Å². The van der Waals surface area contributed by atoms with Gasteiger partial charge in [0.05, 0.1) is 6.61 Å². The molecule has 0 amide bonds. The number of rotatable bonds is 2. The third-order valence-electron chi connectivity index (χ3n) is 3.06. The van der Waals surface area contributed by atoms with Crippen LogP contribution >= 0.6 is 0 Å². The highest BCUT2D eigenvalue weighted by molar-refractivity contribution is 5.55. The molecular weight excluding hydrogens is 249 g/mol. The molecule has 6 heteroatoms. The molecule has 2 heterocycles. The molecule has 19 heavy (non-hydrogen) atoms. The van der Waals surface area contributed by atoms with Crippen LogP contribution in [0, 0.1) is 12.7 Å². The average Bonchev–Trinajstić information content (AvgIpc) is 2.93. The third kappa shape index (κ3) is 2.50. The van der Waals surface area contributed by atoms with E-state index in [1.54, 1.807) is 19.1 Å². The molecule has 0 saturated carbocycles. The predicted molar refractivity (Wildman–Crippen MR) is 66.0 cm³/mol. The lowest BCUT2D eigenvalue weighted by atomic mass is 10.1. The highest BCUT2D eigenvalue weighted by Gasteiger charge is 2.22. The molecule has 5 nitrogen and oxygen atoms in total. The summed E-state index contributed by atoms with van der Waals surface area (Å²) in [4.78, 5) is 4.31. The molecule has 0 aliphatic carbocycles. The van der Waals surface area contributed by atoms with Gasteiger partial charge in [-0.05, 0) is 30.7 Å². The van der Waals surface area contributed by atoms with Crippen LogP contribution in [0.1, 0.15) is 17.6 Å². The van der Waals surface area contributed by atoms with Gasteiger partial charge >= 0.3 is 0 Å². The van der Waals surface area contributed by atoms with Crippen molar-refractivity contribution in [1.82, 2.24) is 15.5 Å². The number of morpholine rings is 1. The minimum absolute atomic E-state index is 0.212. The van der Waals surface area contributed by atoms with Gasteiger partial charge in [-0.1, -0.05) is 5.16 Å². The maximum Gasteiger partial charge on any atom is 0.257 e. The predicted octanol–water partition coefficient (Wildman–Crippen LogP) is 1.85. The number of hydrogen-bond donors (Lipinski definition) is 1. The highest BCUT2D eigenvalue weighted by atomic mass is 19.1. The Morgan fingerprint density at radius 1 is 1.42 bits per heavy atom. The Labute approximate surface area is 109 Å². The molecule has 1 aromatic heterocycles. The third-order valence-corrected chi connectivity index (χ3v) is 3.06. The summed E-state index contributed by atoms with van der Waals surface area (Å²) in [6, 6.07) is 4.74. The Bertz CT molecular complexity index is 579. The molecule has 100 valence electrons. The number of aryl methyl sites for hydroxylation is 1. The summed E-state index contributed by atoms with van der Waals surface area (Å²) in [5, 5.41) is 7.11. The highest BCUT2D eigenvalue weighted by Crippen LogP contribution is 2.22. The zero-order valence-corrected chi connectivity index (χ0v) is 10.5. The molecule has 0 spiro atoms.